The third kappa shape index (κ3) is 4.84. The minimum absolute atomic E-state index is 0.876. The molecule has 0 radical (unpaired) electrons. The molecule has 1 aliphatic rings. The average Bonchev–Trinajstić information content (AvgIpc) is 3.36. The van der Waals surface area contributed by atoms with Gasteiger partial charge in [-0.3, -0.25) is 0 Å². The Labute approximate surface area is 209 Å². The highest BCUT2D eigenvalue weighted by Gasteiger charge is 2.24. The summed E-state index contributed by atoms with van der Waals surface area (Å²) in [5.74, 6) is 0. The lowest BCUT2D eigenvalue weighted by Crippen LogP contribution is -2.33. The molecule has 4 rings (SSSR count). The van der Waals surface area contributed by atoms with E-state index in [1.807, 2.05) is 12.2 Å². The predicted molar refractivity (Wildman–Crippen MR) is 144 cm³/mol. The van der Waals surface area contributed by atoms with Crippen molar-refractivity contribution in [3.05, 3.63) is 81.4 Å². The number of thioether (sulfide) groups is 1. The minimum Gasteiger partial charge on any atom is -0.335 e. The summed E-state index contributed by atoms with van der Waals surface area (Å²) >= 11 is 3.57. The Morgan fingerprint density at radius 2 is 1.74 bits per heavy atom. The van der Waals surface area contributed by atoms with Crippen molar-refractivity contribution < 1.29 is 4.57 Å². The quantitative estimate of drug-likeness (QED) is 0.277. The Hall–Kier alpha value is -3.58. The number of rotatable bonds is 6. The summed E-state index contributed by atoms with van der Waals surface area (Å²) in [5, 5.41) is 20.1. The van der Waals surface area contributed by atoms with Gasteiger partial charge in [0, 0.05) is 35.7 Å². The molecule has 2 aromatic carbocycles. The molecule has 0 amide bonds. The topological polar surface area (TPSA) is 54.7 Å². The molecule has 0 unspecified atom stereocenters. The fourth-order valence-electron chi connectivity index (χ4n) is 4.01. The summed E-state index contributed by atoms with van der Waals surface area (Å²) in [6.45, 7) is 8.23. The third-order valence-electron chi connectivity index (χ3n) is 5.54. The lowest BCUT2D eigenvalue weighted by atomic mass is 10.1. The first kappa shape index (κ1) is 23.6. The molecule has 1 aliphatic heterocycles. The van der Waals surface area contributed by atoms with Gasteiger partial charge in [0.05, 0.1) is 22.9 Å². The number of fused-ring (bicyclic) bond motifs is 2. The van der Waals surface area contributed by atoms with Gasteiger partial charge in [-0.25, -0.2) is 0 Å². The lowest BCUT2D eigenvalue weighted by molar-refractivity contribution is -0.665. The number of allylic oxidation sites excluding steroid dienone is 4. The van der Waals surface area contributed by atoms with E-state index < -0.39 is 0 Å². The van der Waals surface area contributed by atoms with Gasteiger partial charge in [0.1, 0.15) is 11.2 Å². The number of benzene rings is 2. The number of nitriles is 2. The normalized spacial score (nSPS) is 14.9. The molecular formula is C28H25N4S2+. The highest BCUT2D eigenvalue weighted by Crippen LogP contribution is 2.46. The Morgan fingerprint density at radius 3 is 2.41 bits per heavy atom. The predicted octanol–water partition coefficient (Wildman–Crippen LogP) is 7.16. The van der Waals surface area contributed by atoms with Gasteiger partial charge in [-0.15, -0.1) is 0 Å². The maximum absolute atomic E-state index is 8.83. The van der Waals surface area contributed by atoms with E-state index in [2.05, 4.69) is 90.9 Å². The van der Waals surface area contributed by atoms with E-state index in [0.717, 1.165) is 24.2 Å². The molecule has 0 saturated heterocycles. The highest BCUT2D eigenvalue weighted by molar-refractivity contribution is 8.03. The SMILES string of the molecule is CCN1/C(=C/C(C)=C/c2sc3ccc(/C=C/C#N)cc3[n+]2CC)Sc2ccc(/C=C/C#N)cc21. The molecule has 34 heavy (non-hydrogen) atoms. The average molecular weight is 482 g/mol. The monoisotopic (exact) mass is 481 g/mol. The maximum Gasteiger partial charge on any atom is 0.262 e. The van der Waals surface area contributed by atoms with E-state index in [-0.39, 0.29) is 0 Å². The van der Waals surface area contributed by atoms with Gasteiger partial charge in [0.15, 0.2) is 0 Å². The van der Waals surface area contributed by atoms with Gasteiger partial charge in [0.25, 0.3) is 5.01 Å². The second-order valence-electron chi connectivity index (χ2n) is 7.78. The van der Waals surface area contributed by atoms with Crippen LogP contribution in [0.5, 0.6) is 0 Å². The number of hydrogen-bond acceptors (Lipinski definition) is 5. The van der Waals surface area contributed by atoms with Crippen LogP contribution < -0.4 is 9.47 Å². The highest BCUT2D eigenvalue weighted by atomic mass is 32.2. The van der Waals surface area contributed by atoms with Crippen molar-refractivity contribution in [3.8, 4) is 12.1 Å². The number of thiazole rings is 1. The van der Waals surface area contributed by atoms with Gasteiger partial charge in [0.2, 0.25) is 5.52 Å². The Kier molecular flexibility index (Phi) is 7.33. The van der Waals surface area contributed by atoms with Crippen molar-refractivity contribution in [2.45, 2.75) is 32.2 Å². The summed E-state index contributed by atoms with van der Waals surface area (Å²) < 4.78 is 3.56. The van der Waals surface area contributed by atoms with Crippen LogP contribution in [0.2, 0.25) is 0 Å². The van der Waals surface area contributed by atoms with Crippen LogP contribution in [0.25, 0.3) is 28.4 Å². The zero-order valence-corrected chi connectivity index (χ0v) is 21.1. The first-order valence-corrected chi connectivity index (χ1v) is 12.8. The van der Waals surface area contributed by atoms with Gasteiger partial charge >= 0.3 is 0 Å². The number of nitrogens with zero attached hydrogens (tertiary/aromatic N) is 4. The second-order valence-corrected chi connectivity index (χ2v) is 9.91. The third-order valence-corrected chi connectivity index (χ3v) is 7.77. The Balaban J connectivity index is 1.67. The van der Waals surface area contributed by atoms with Gasteiger partial charge in [-0.1, -0.05) is 35.2 Å². The van der Waals surface area contributed by atoms with Crippen molar-refractivity contribution in [3.63, 3.8) is 0 Å². The molecule has 168 valence electrons. The van der Waals surface area contributed by atoms with Crippen molar-refractivity contribution in [1.29, 1.82) is 10.5 Å². The molecular weight excluding hydrogens is 456 g/mol. The van der Waals surface area contributed by atoms with Gasteiger partial charge in [-0.2, -0.15) is 15.1 Å². The molecule has 0 aliphatic carbocycles. The van der Waals surface area contributed by atoms with E-state index in [0.29, 0.717) is 0 Å². The van der Waals surface area contributed by atoms with Crippen molar-refractivity contribution in [2.75, 3.05) is 11.4 Å². The van der Waals surface area contributed by atoms with Crippen LogP contribution in [-0.2, 0) is 6.54 Å². The van der Waals surface area contributed by atoms with Crippen LogP contribution in [0.1, 0.15) is 36.9 Å². The molecule has 0 N–H and O–H groups in total. The number of aromatic nitrogens is 1. The first-order chi connectivity index (χ1) is 16.6. The summed E-state index contributed by atoms with van der Waals surface area (Å²) in [6, 6.07) is 16.8. The van der Waals surface area contributed by atoms with E-state index in [9.17, 15) is 0 Å². The summed E-state index contributed by atoms with van der Waals surface area (Å²) in [6.07, 6.45) is 11.2. The van der Waals surface area contributed by atoms with Gasteiger partial charge in [-0.05, 0) is 73.9 Å². The zero-order valence-electron chi connectivity index (χ0n) is 19.4. The Bertz CT molecular complexity index is 1440. The van der Waals surface area contributed by atoms with E-state index in [4.69, 9.17) is 10.5 Å². The second kappa shape index (κ2) is 10.6. The van der Waals surface area contributed by atoms with E-state index in [1.165, 1.54) is 48.6 Å². The number of anilines is 1. The van der Waals surface area contributed by atoms with Crippen molar-refractivity contribution in [1.82, 2.24) is 0 Å². The smallest absolute Gasteiger partial charge is 0.262 e. The number of aryl methyl sites for hydroxylation is 1. The van der Waals surface area contributed by atoms with Crippen LogP contribution in [0, 0.1) is 22.7 Å². The van der Waals surface area contributed by atoms with E-state index >= 15 is 0 Å². The standard InChI is InChI=1S/C28H25N4S2/c1-4-31-23-18-21(8-6-14-29)10-12-25(23)33-27(31)16-20(3)17-28-32(5-2)24-19-22(9-7-15-30)11-13-26(24)34-28/h6-13,16-19H,4-5H2,1-3H3/q+1/b8-6+,9-7+. The summed E-state index contributed by atoms with van der Waals surface area (Å²) in [4.78, 5) is 3.56. The maximum atomic E-state index is 8.83. The van der Waals surface area contributed by atoms with Crippen molar-refractivity contribution in [2.24, 2.45) is 0 Å². The largest absolute Gasteiger partial charge is 0.335 e. The molecule has 3 aromatic rings. The van der Waals surface area contributed by atoms with Crippen LogP contribution in [0.15, 0.2) is 70.1 Å². The van der Waals surface area contributed by atoms with Crippen LogP contribution in [0.4, 0.5) is 5.69 Å². The van der Waals surface area contributed by atoms with Crippen LogP contribution in [-0.4, -0.2) is 6.54 Å². The molecule has 4 nitrogen and oxygen atoms in total. The van der Waals surface area contributed by atoms with Gasteiger partial charge < -0.3 is 4.90 Å². The molecule has 0 bridgehead atoms. The van der Waals surface area contributed by atoms with Crippen molar-refractivity contribution >= 4 is 57.2 Å². The molecule has 0 atom stereocenters. The number of hydrogen-bond donors (Lipinski definition) is 0. The van der Waals surface area contributed by atoms with Crippen LogP contribution >= 0.6 is 23.1 Å². The minimum atomic E-state index is 0.876. The Morgan fingerprint density at radius 1 is 1.03 bits per heavy atom. The molecule has 0 fully saturated rings. The molecule has 0 spiro atoms. The molecule has 6 heteroatoms. The van der Waals surface area contributed by atoms with Crippen LogP contribution in [0.3, 0.4) is 0 Å². The van der Waals surface area contributed by atoms with E-state index in [1.54, 1.807) is 23.1 Å². The first-order valence-electron chi connectivity index (χ1n) is 11.2. The summed E-state index contributed by atoms with van der Waals surface area (Å²) in [5.41, 5.74) is 5.64. The lowest BCUT2D eigenvalue weighted by Gasteiger charge is -2.18. The molecule has 0 saturated carbocycles. The fourth-order valence-corrected chi connectivity index (χ4v) is 6.44. The molecule has 1 aromatic heterocycles. The molecule has 2 heterocycles. The summed E-state index contributed by atoms with van der Waals surface area (Å²) in [7, 11) is 0. The zero-order chi connectivity index (χ0) is 24.1. The fraction of sp³-hybridized carbons (Fsp3) is 0.179.